The second-order valence-corrected chi connectivity index (χ2v) is 4.56. The summed E-state index contributed by atoms with van der Waals surface area (Å²) in [5.74, 6) is 0.0154. The van der Waals surface area contributed by atoms with Crippen molar-refractivity contribution < 1.29 is 9.53 Å². The van der Waals surface area contributed by atoms with Crippen molar-refractivity contribution in [3.8, 4) is 11.4 Å². The minimum absolute atomic E-state index is 0.103. The number of carbonyl (C=O) groups is 1. The van der Waals surface area contributed by atoms with Crippen molar-refractivity contribution >= 4 is 23.4 Å². The molecule has 1 heterocycles. The molecule has 6 heteroatoms. The summed E-state index contributed by atoms with van der Waals surface area (Å²) in [6, 6.07) is 7.12. The molecule has 5 nitrogen and oxygen atoms in total. The van der Waals surface area contributed by atoms with Gasteiger partial charge in [-0.15, -0.1) is 0 Å². The molecule has 1 aromatic heterocycles. The van der Waals surface area contributed by atoms with Gasteiger partial charge in [-0.3, -0.25) is 0 Å². The SMILES string of the molecule is CCOC(=O)c1c(C)nc(-c2cccc(Cl)c2)nc1N. The third-order valence-corrected chi connectivity index (χ3v) is 2.92. The zero-order valence-electron chi connectivity index (χ0n) is 11.2. The molecule has 0 radical (unpaired) electrons. The fourth-order valence-corrected chi connectivity index (χ4v) is 2.00. The van der Waals surface area contributed by atoms with Crippen molar-refractivity contribution in [3.05, 3.63) is 40.5 Å². The molecular formula is C14H14ClN3O2. The lowest BCUT2D eigenvalue weighted by Gasteiger charge is -2.09. The molecular weight excluding hydrogens is 278 g/mol. The Labute approximate surface area is 121 Å². The average Bonchev–Trinajstić information content (AvgIpc) is 2.38. The largest absolute Gasteiger partial charge is 0.462 e. The molecule has 1 aromatic carbocycles. The Morgan fingerprint density at radius 1 is 1.40 bits per heavy atom. The lowest BCUT2D eigenvalue weighted by Crippen LogP contribution is -2.13. The summed E-state index contributed by atoms with van der Waals surface area (Å²) < 4.78 is 4.93. The second-order valence-electron chi connectivity index (χ2n) is 4.12. The van der Waals surface area contributed by atoms with Crippen LogP contribution in [-0.2, 0) is 4.74 Å². The van der Waals surface area contributed by atoms with E-state index in [9.17, 15) is 4.79 Å². The summed E-state index contributed by atoms with van der Waals surface area (Å²) in [5.41, 5.74) is 7.27. The maximum Gasteiger partial charge on any atom is 0.343 e. The molecule has 0 fully saturated rings. The molecule has 104 valence electrons. The lowest BCUT2D eigenvalue weighted by molar-refractivity contribution is 0.0526. The zero-order valence-corrected chi connectivity index (χ0v) is 11.9. The number of halogens is 1. The minimum Gasteiger partial charge on any atom is -0.462 e. The van der Waals surface area contributed by atoms with Gasteiger partial charge >= 0.3 is 5.97 Å². The van der Waals surface area contributed by atoms with E-state index in [1.165, 1.54) is 0 Å². The number of esters is 1. The number of aryl methyl sites for hydroxylation is 1. The first-order valence-electron chi connectivity index (χ1n) is 6.10. The van der Waals surface area contributed by atoms with E-state index in [0.29, 0.717) is 16.5 Å². The van der Waals surface area contributed by atoms with Gasteiger partial charge in [0.25, 0.3) is 0 Å². The molecule has 0 saturated heterocycles. The Kier molecular flexibility index (Phi) is 4.20. The number of hydrogen-bond donors (Lipinski definition) is 1. The van der Waals surface area contributed by atoms with Crippen LogP contribution in [0, 0.1) is 6.92 Å². The topological polar surface area (TPSA) is 78.1 Å². The average molecular weight is 292 g/mol. The van der Waals surface area contributed by atoms with E-state index in [-0.39, 0.29) is 18.0 Å². The number of carbonyl (C=O) groups excluding carboxylic acids is 1. The summed E-state index contributed by atoms with van der Waals surface area (Å²) in [4.78, 5) is 20.2. The molecule has 2 aromatic rings. The van der Waals surface area contributed by atoms with Crippen molar-refractivity contribution in [3.63, 3.8) is 0 Å². The molecule has 2 rings (SSSR count). The molecule has 20 heavy (non-hydrogen) atoms. The number of ether oxygens (including phenoxy) is 1. The van der Waals surface area contributed by atoms with Gasteiger partial charge in [-0.05, 0) is 26.0 Å². The van der Waals surface area contributed by atoms with Crippen LogP contribution in [0.15, 0.2) is 24.3 Å². The van der Waals surface area contributed by atoms with Crippen LogP contribution in [0.4, 0.5) is 5.82 Å². The van der Waals surface area contributed by atoms with Gasteiger partial charge < -0.3 is 10.5 Å². The highest BCUT2D eigenvalue weighted by Gasteiger charge is 2.18. The van der Waals surface area contributed by atoms with E-state index in [2.05, 4.69) is 9.97 Å². The Morgan fingerprint density at radius 2 is 2.15 bits per heavy atom. The van der Waals surface area contributed by atoms with Gasteiger partial charge in [-0.1, -0.05) is 23.7 Å². The molecule has 0 aliphatic rings. The molecule has 0 aliphatic heterocycles. The van der Waals surface area contributed by atoms with Crippen molar-refractivity contribution in [1.82, 2.24) is 9.97 Å². The molecule has 0 amide bonds. The van der Waals surface area contributed by atoms with Crippen LogP contribution in [0.25, 0.3) is 11.4 Å². The zero-order chi connectivity index (χ0) is 14.7. The number of nitrogens with zero attached hydrogens (tertiary/aromatic N) is 2. The van der Waals surface area contributed by atoms with E-state index in [0.717, 1.165) is 5.56 Å². The predicted octanol–water partition coefficient (Wildman–Crippen LogP) is 2.86. The fraction of sp³-hybridized carbons (Fsp3) is 0.214. The van der Waals surface area contributed by atoms with Crippen LogP contribution in [0.2, 0.25) is 5.02 Å². The number of rotatable bonds is 3. The highest BCUT2D eigenvalue weighted by atomic mass is 35.5. The Bertz CT molecular complexity index is 636. The molecule has 0 aliphatic carbocycles. The summed E-state index contributed by atoms with van der Waals surface area (Å²) in [6.07, 6.45) is 0. The molecule has 0 unspecified atom stereocenters. The van der Waals surface area contributed by atoms with E-state index in [4.69, 9.17) is 22.1 Å². The number of nitrogen functional groups attached to an aromatic ring is 1. The highest BCUT2D eigenvalue weighted by Crippen LogP contribution is 2.23. The number of aromatic nitrogens is 2. The Hall–Kier alpha value is -2.14. The van der Waals surface area contributed by atoms with Crippen molar-refractivity contribution in [2.75, 3.05) is 12.3 Å². The van der Waals surface area contributed by atoms with Crippen LogP contribution >= 0.6 is 11.6 Å². The normalized spacial score (nSPS) is 10.3. The quantitative estimate of drug-likeness (QED) is 0.880. The molecule has 2 N–H and O–H groups in total. The molecule has 0 saturated carbocycles. The third-order valence-electron chi connectivity index (χ3n) is 2.68. The van der Waals surface area contributed by atoms with Gasteiger partial charge in [-0.2, -0.15) is 0 Å². The van der Waals surface area contributed by atoms with E-state index in [1.54, 1.807) is 32.0 Å². The Morgan fingerprint density at radius 3 is 2.75 bits per heavy atom. The van der Waals surface area contributed by atoms with Gasteiger partial charge in [0.15, 0.2) is 5.82 Å². The molecule has 0 atom stereocenters. The summed E-state index contributed by atoms with van der Waals surface area (Å²) in [7, 11) is 0. The van der Waals surface area contributed by atoms with Crippen molar-refractivity contribution in [2.45, 2.75) is 13.8 Å². The minimum atomic E-state index is -0.514. The van der Waals surface area contributed by atoms with Crippen LogP contribution < -0.4 is 5.73 Å². The number of benzene rings is 1. The van der Waals surface area contributed by atoms with Crippen LogP contribution in [0.5, 0.6) is 0 Å². The van der Waals surface area contributed by atoms with Crippen molar-refractivity contribution in [2.24, 2.45) is 0 Å². The summed E-state index contributed by atoms with van der Waals surface area (Å²) >= 11 is 5.94. The first kappa shape index (κ1) is 14.3. The number of hydrogen-bond acceptors (Lipinski definition) is 5. The third kappa shape index (κ3) is 2.88. The van der Waals surface area contributed by atoms with E-state index < -0.39 is 5.97 Å². The van der Waals surface area contributed by atoms with E-state index >= 15 is 0 Å². The number of nitrogens with two attached hydrogens (primary N) is 1. The van der Waals surface area contributed by atoms with Gasteiger partial charge in [0.2, 0.25) is 0 Å². The summed E-state index contributed by atoms with van der Waals surface area (Å²) in [6.45, 7) is 3.69. The van der Waals surface area contributed by atoms with Crippen LogP contribution in [-0.4, -0.2) is 22.5 Å². The van der Waals surface area contributed by atoms with Gasteiger partial charge in [0, 0.05) is 10.6 Å². The standard InChI is InChI=1S/C14H14ClN3O2/c1-3-20-14(19)11-8(2)17-13(18-12(11)16)9-5-4-6-10(15)7-9/h4-7H,3H2,1-2H3,(H2,16,17,18). The monoisotopic (exact) mass is 291 g/mol. The Balaban J connectivity index is 2.47. The van der Waals surface area contributed by atoms with Gasteiger partial charge in [0.1, 0.15) is 11.4 Å². The first-order chi connectivity index (χ1) is 9.52. The highest BCUT2D eigenvalue weighted by molar-refractivity contribution is 6.30. The maximum atomic E-state index is 11.8. The van der Waals surface area contributed by atoms with Gasteiger partial charge in [-0.25, -0.2) is 14.8 Å². The maximum absolute atomic E-state index is 11.8. The smallest absolute Gasteiger partial charge is 0.343 e. The first-order valence-corrected chi connectivity index (χ1v) is 6.48. The van der Waals surface area contributed by atoms with Gasteiger partial charge in [0.05, 0.1) is 12.3 Å². The number of anilines is 1. The van der Waals surface area contributed by atoms with Crippen LogP contribution in [0.3, 0.4) is 0 Å². The predicted molar refractivity (Wildman–Crippen MR) is 77.6 cm³/mol. The van der Waals surface area contributed by atoms with E-state index in [1.807, 2.05) is 6.07 Å². The second kappa shape index (κ2) is 5.88. The van der Waals surface area contributed by atoms with Crippen LogP contribution in [0.1, 0.15) is 23.0 Å². The molecule has 0 spiro atoms. The van der Waals surface area contributed by atoms with Crippen molar-refractivity contribution in [1.29, 1.82) is 0 Å². The lowest BCUT2D eigenvalue weighted by atomic mass is 10.1. The fourth-order valence-electron chi connectivity index (χ4n) is 1.81. The molecule has 0 bridgehead atoms. The summed E-state index contributed by atoms with van der Waals surface area (Å²) in [5, 5.41) is 0.580.